The monoisotopic (exact) mass is 394 g/mol. The van der Waals surface area contributed by atoms with Gasteiger partial charge in [-0.1, -0.05) is 54.6 Å². The Kier molecular flexibility index (Phi) is 3.85. The predicted octanol–water partition coefficient (Wildman–Crippen LogP) is 6.64. The van der Waals surface area contributed by atoms with Crippen molar-refractivity contribution in [3.05, 3.63) is 102 Å². The van der Waals surface area contributed by atoms with E-state index >= 15 is 0 Å². The summed E-state index contributed by atoms with van der Waals surface area (Å²) in [5.41, 5.74) is 5.93. The normalized spacial score (nSPS) is 14.8. The van der Waals surface area contributed by atoms with Gasteiger partial charge in [0.15, 0.2) is 0 Å². The second-order valence-electron chi connectivity index (χ2n) is 7.79. The van der Waals surface area contributed by atoms with E-state index in [9.17, 15) is 4.39 Å². The summed E-state index contributed by atoms with van der Waals surface area (Å²) in [4.78, 5) is 4.31. The first-order valence-electron chi connectivity index (χ1n) is 10.2. The average molecular weight is 394 g/mol. The fraction of sp³-hybridized carbons (Fsp3) is 0.115. The molecule has 0 aliphatic carbocycles. The smallest absolute Gasteiger partial charge is 0.137 e. The maximum Gasteiger partial charge on any atom is 0.137 e. The number of aryl methyl sites for hydroxylation is 1. The van der Waals surface area contributed by atoms with Gasteiger partial charge >= 0.3 is 0 Å². The van der Waals surface area contributed by atoms with Crippen molar-refractivity contribution in [2.45, 2.75) is 18.9 Å². The Morgan fingerprint density at radius 2 is 1.80 bits per heavy atom. The molecule has 0 saturated heterocycles. The molecular formula is C26H19FN2O. The van der Waals surface area contributed by atoms with Crippen LogP contribution in [-0.2, 0) is 6.42 Å². The van der Waals surface area contributed by atoms with Crippen LogP contribution in [0.25, 0.3) is 33.6 Å². The van der Waals surface area contributed by atoms with Crippen LogP contribution in [0.5, 0.6) is 0 Å². The quantitative estimate of drug-likeness (QED) is 0.342. The molecule has 0 unspecified atom stereocenters. The molecule has 2 aromatic heterocycles. The number of imidazole rings is 1. The van der Waals surface area contributed by atoms with Crippen molar-refractivity contribution in [2.24, 2.45) is 0 Å². The predicted molar refractivity (Wildman–Crippen MR) is 116 cm³/mol. The molecule has 0 spiro atoms. The lowest BCUT2D eigenvalue weighted by Crippen LogP contribution is -2.07. The first-order chi connectivity index (χ1) is 14.8. The lowest BCUT2D eigenvalue weighted by Gasteiger charge is -2.15. The molecule has 0 saturated carbocycles. The Balaban J connectivity index is 1.31. The van der Waals surface area contributed by atoms with Crippen molar-refractivity contribution < 1.29 is 8.81 Å². The fourth-order valence-corrected chi connectivity index (χ4v) is 4.56. The lowest BCUT2D eigenvalue weighted by atomic mass is 9.97. The van der Waals surface area contributed by atoms with Gasteiger partial charge in [0.1, 0.15) is 17.2 Å². The molecule has 0 fully saturated rings. The summed E-state index contributed by atoms with van der Waals surface area (Å²) in [6.07, 6.45) is 5.24. The molecule has 0 amide bonds. The van der Waals surface area contributed by atoms with Crippen molar-refractivity contribution >= 4 is 11.0 Å². The molecule has 6 rings (SSSR count). The molecule has 0 bridgehead atoms. The molecule has 1 atom stereocenters. The highest BCUT2D eigenvalue weighted by molar-refractivity contribution is 5.83. The third kappa shape index (κ3) is 2.68. The Labute approximate surface area is 173 Å². The second kappa shape index (κ2) is 6.70. The highest BCUT2D eigenvalue weighted by Gasteiger charge is 2.27. The number of hydrogen-bond donors (Lipinski definition) is 0. The van der Waals surface area contributed by atoms with E-state index in [-0.39, 0.29) is 11.9 Å². The van der Waals surface area contributed by atoms with E-state index in [0.29, 0.717) is 17.6 Å². The summed E-state index contributed by atoms with van der Waals surface area (Å²) >= 11 is 0. The van der Waals surface area contributed by atoms with Crippen LogP contribution in [0.4, 0.5) is 4.39 Å². The molecule has 0 N–H and O–H groups in total. The molecule has 146 valence electrons. The van der Waals surface area contributed by atoms with Gasteiger partial charge in [-0.25, -0.2) is 9.37 Å². The van der Waals surface area contributed by atoms with Gasteiger partial charge in [-0.05, 0) is 36.1 Å². The summed E-state index contributed by atoms with van der Waals surface area (Å²) in [7, 11) is 0. The number of furan rings is 1. The van der Waals surface area contributed by atoms with Crippen LogP contribution in [-0.4, -0.2) is 9.55 Å². The number of halogens is 1. The van der Waals surface area contributed by atoms with E-state index in [1.165, 1.54) is 17.2 Å². The third-order valence-electron chi connectivity index (χ3n) is 6.03. The first-order valence-corrected chi connectivity index (χ1v) is 10.2. The molecule has 1 aliphatic heterocycles. The van der Waals surface area contributed by atoms with Gasteiger partial charge in [-0.2, -0.15) is 0 Å². The molecule has 5 aromatic rings. The van der Waals surface area contributed by atoms with E-state index in [0.717, 1.165) is 28.8 Å². The number of rotatable bonds is 4. The molecule has 4 heteroatoms. The van der Waals surface area contributed by atoms with Crippen LogP contribution in [0.2, 0.25) is 0 Å². The standard InChI is InChI=1S/C26H19FN2O/c27-22-14-26-19(13-25(30-26)17-6-2-1-3-7-17)12-18(22)10-11-23-20-8-4-5-9-21(20)24-15-28-16-29(23)24/h1-9,12-16,23H,10-11H2/t23-/m0/s1. The summed E-state index contributed by atoms with van der Waals surface area (Å²) in [6.45, 7) is 0. The zero-order chi connectivity index (χ0) is 20.1. The Hall–Kier alpha value is -3.66. The van der Waals surface area contributed by atoms with E-state index in [1.54, 1.807) is 0 Å². The highest BCUT2D eigenvalue weighted by atomic mass is 19.1. The van der Waals surface area contributed by atoms with Crippen molar-refractivity contribution in [1.29, 1.82) is 0 Å². The topological polar surface area (TPSA) is 31.0 Å². The molecule has 3 heterocycles. The van der Waals surface area contributed by atoms with Crippen LogP contribution >= 0.6 is 0 Å². The van der Waals surface area contributed by atoms with Crippen molar-refractivity contribution in [3.63, 3.8) is 0 Å². The van der Waals surface area contributed by atoms with Gasteiger partial charge in [-0.3, -0.25) is 0 Å². The summed E-state index contributed by atoms with van der Waals surface area (Å²) in [5, 5.41) is 0.931. The van der Waals surface area contributed by atoms with Crippen LogP contribution in [0, 0.1) is 5.82 Å². The fourth-order valence-electron chi connectivity index (χ4n) is 4.56. The Morgan fingerprint density at radius 3 is 2.70 bits per heavy atom. The zero-order valence-corrected chi connectivity index (χ0v) is 16.3. The average Bonchev–Trinajstić information content (AvgIpc) is 3.47. The van der Waals surface area contributed by atoms with Gasteiger partial charge in [0.05, 0.1) is 24.3 Å². The summed E-state index contributed by atoms with van der Waals surface area (Å²) in [5.74, 6) is 0.545. The highest BCUT2D eigenvalue weighted by Crippen LogP contribution is 2.41. The van der Waals surface area contributed by atoms with Crippen LogP contribution in [0.1, 0.15) is 23.6 Å². The minimum atomic E-state index is -0.214. The van der Waals surface area contributed by atoms with Gasteiger partial charge in [0, 0.05) is 22.6 Å². The maximum absolute atomic E-state index is 14.9. The van der Waals surface area contributed by atoms with Crippen molar-refractivity contribution in [1.82, 2.24) is 9.55 Å². The van der Waals surface area contributed by atoms with Gasteiger partial charge < -0.3 is 8.98 Å². The van der Waals surface area contributed by atoms with E-state index in [2.05, 4.69) is 33.8 Å². The van der Waals surface area contributed by atoms with E-state index in [1.807, 2.05) is 55.0 Å². The minimum Gasteiger partial charge on any atom is -0.456 e. The molecule has 0 radical (unpaired) electrons. The van der Waals surface area contributed by atoms with Crippen molar-refractivity contribution in [2.75, 3.05) is 0 Å². The van der Waals surface area contributed by atoms with Crippen LogP contribution in [0.15, 0.2) is 89.7 Å². The van der Waals surface area contributed by atoms with Gasteiger partial charge in [0.25, 0.3) is 0 Å². The molecule has 3 aromatic carbocycles. The Morgan fingerprint density at radius 1 is 0.967 bits per heavy atom. The molecule has 1 aliphatic rings. The van der Waals surface area contributed by atoms with E-state index in [4.69, 9.17) is 4.42 Å². The minimum absolute atomic E-state index is 0.179. The second-order valence-corrected chi connectivity index (χ2v) is 7.79. The first kappa shape index (κ1) is 17.2. The largest absolute Gasteiger partial charge is 0.456 e. The van der Waals surface area contributed by atoms with Crippen molar-refractivity contribution in [3.8, 4) is 22.6 Å². The zero-order valence-electron chi connectivity index (χ0n) is 16.3. The molecule has 30 heavy (non-hydrogen) atoms. The van der Waals surface area contributed by atoms with E-state index < -0.39 is 0 Å². The van der Waals surface area contributed by atoms with Gasteiger partial charge in [0.2, 0.25) is 0 Å². The molecule has 3 nitrogen and oxygen atoms in total. The summed E-state index contributed by atoms with van der Waals surface area (Å²) < 4.78 is 23.0. The number of benzene rings is 3. The van der Waals surface area contributed by atoms with Crippen LogP contribution < -0.4 is 0 Å². The van der Waals surface area contributed by atoms with Crippen LogP contribution in [0.3, 0.4) is 0 Å². The number of nitrogens with zero attached hydrogens (tertiary/aromatic N) is 2. The molecular weight excluding hydrogens is 375 g/mol. The third-order valence-corrected chi connectivity index (χ3v) is 6.03. The Bertz CT molecular complexity index is 1370. The van der Waals surface area contributed by atoms with Gasteiger partial charge in [-0.15, -0.1) is 0 Å². The lowest BCUT2D eigenvalue weighted by molar-refractivity contribution is 0.544. The number of fused-ring (bicyclic) bond motifs is 4. The summed E-state index contributed by atoms with van der Waals surface area (Å²) in [6, 6.07) is 23.9. The SMILES string of the molecule is Fc1cc2oc(-c3ccccc3)cc2cc1CC[C@H]1c2ccccc2-c2cncn21. The number of hydrogen-bond acceptors (Lipinski definition) is 2. The number of aromatic nitrogens is 2. The maximum atomic E-state index is 14.9.